The van der Waals surface area contributed by atoms with E-state index in [9.17, 15) is 14.7 Å². The highest BCUT2D eigenvalue weighted by Gasteiger charge is 2.31. The predicted octanol–water partition coefficient (Wildman–Crippen LogP) is 4.66. The van der Waals surface area contributed by atoms with Crippen LogP contribution in [0.15, 0.2) is 35.8 Å². The molecule has 1 amide bonds. The third kappa shape index (κ3) is 11.0. The first-order chi connectivity index (χ1) is 17.2. The van der Waals surface area contributed by atoms with E-state index >= 15 is 0 Å². The maximum atomic E-state index is 12.1. The fourth-order valence-electron chi connectivity index (χ4n) is 3.53. The normalized spacial score (nSPS) is 14.9. The number of carboxylic acids is 1. The van der Waals surface area contributed by atoms with Crippen LogP contribution in [0.5, 0.6) is 0 Å². The number of carbonyl (C=O) groups excluding carboxylic acids is 1. The Kier molecular flexibility index (Phi) is 12.8. The Morgan fingerprint density at radius 3 is 2.50 bits per heavy atom. The first-order valence-electron chi connectivity index (χ1n) is 12.4. The summed E-state index contributed by atoms with van der Waals surface area (Å²) in [5, 5.41) is 15.5. The zero-order valence-corrected chi connectivity index (χ0v) is 22.6. The van der Waals surface area contributed by atoms with Crippen molar-refractivity contribution in [2.24, 2.45) is 0 Å². The van der Waals surface area contributed by atoms with Gasteiger partial charge in [-0.05, 0) is 39.3 Å². The number of alkyl carbamates (subject to hydrolysis) is 1. The lowest BCUT2D eigenvalue weighted by Crippen LogP contribution is -2.48. The number of thiazole rings is 1. The predicted molar refractivity (Wildman–Crippen MR) is 141 cm³/mol. The average molecular weight is 521 g/mol. The second-order valence-electron chi connectivity index (χ2n) is 9.44. The van der Waals surface area contributed by atoms with Crippen molar-refractivity contribution in [1.82, 2.24) is 20.5 Å². The molecule has 10 heteroatoms. The van der Waals surface area contributed by atoms with Gasteiger partial charge in [-0.15, -0.1) is 11.3 Å². The monoisotopic (exact) mass is 520 g/mol. The molecule has 1 aromatic carbocycles. The third-order valence-corrected chi connectivity index (χ3v) is 6.07. The second kappa shape index (κ2) is 15.6. The highest BCUT2D eigenvalue weighted by molar-refractivity contribution is 7.11. The van der Waals surface area contributed by atoms with Gasteiger partial charge in [0.25, 0.3) is 0 Å². The minimum Gasteiger partial charge on any atom is -0.477 e. The van der Waals surface area contributed by atoms with Crippen LogP contribution in [-0.2, 0) is 16.0 Å². The summed E-state index contributed by atoms with van der Waals surface area (Å²) in [6, 6.07) is 10.5. The Morgan fingerprint density at radius 1 is 1.19 bits per heavy atom. The molecule has 1 unspecified atom stereocenters. The van der Waals surface area contributed by atoms with Crippen LogP contribution in [0.4, 0.5) is 4.79 Å². The number of rotatable bonds is 10. The van der Waals surface area contributed by atoms with Crippen LogP contribution in [0.2, 0.25) is 0 Å². The standard InChI is InChI=1S/C14H21N3O5S.C12H19N/c1-14(2,3)22-13(20)16-11(17-4-6-21-7-5-17)9-10(12(18)19)23-8-15-9;1-2-3-7-10-13-11-12-8-5-4-6-9-12/h8,11H,4-7H2,1-3H3,(H,16,20)(H,18,19);4-6,8-9,13H,2-3,7,10-11H2,1H3. The van der Waals surface area contributed by atoms with Gasteiger partial charge in [0, 0.05) is 19.6 Å². The van der Waals surface area contributed by atoms with Crippen LogP contribution in [0, 0.1) is 0 Å². The molecule has 0 saturated carbocycles. The van der Waals surface area contributed by atoms with Gasteiger partial charge in [-0.25, -0.2) is 14.6 Å². The molecule has 1 fully saturated rings. The summed E-state index contributed by atoms with van der Waals surface area (Å²) in [7, 11) is 0. The summed E-state index contributed by atoms with van der Waals surface area (Å²) in [5.74, 6) is -1.06. The van der Waals surface area contributed by atoms with Crippen LogP contribution in [0.3, 0.4) is 0 Å². The molecule has 0 bridgehead atoms. The minimum absolute atomic E-state index is 0.109. The van der Waals surface area contributed by atoms with Crippen molar-refractivity contribution in [3.05, 3.63) is 52.0 Å². The third-order valence-electron chi connectivity index (χ3n) is 5.24. The molecule has 3 N–H and O–H groups in total. The van der Waals surface area contributed by atoms with Gasteiger partial charge in [0.05, 0.1) is 18.7 Å². The van der Waals surface area contributed by atoms with Crippen molar-refractivity contribution in [2.45, 2.75) is 65.3 Å². The SMILES string of the molecule is CC(C)(C)OC(=O)NC(c1ncsc1C(=O)O)N1CCOCC1.CCCCCNCc1ccccc1. The molecule has 1 atom stereocenters. The van der Waals surface area contributed by atoms with Crippen molar-refractivity contribution in [2.75, 3.05) is 32.8 Å². The summed E-state index contributed by atoms with van der Waals surface area (Å²) in [6.45, 7) is 11.8. The first-order valence-corrected chi connectivity index (χ1v) is 13.3. The van der Waals surface area contributed by atoms with Gasteiger partial charge < -0.3 is 25.2 Å². The van der Waals surface area contributed by atoms with Crippen LogP contribution < -0.4 is 10.6 Å². The van der Waals surface area contributed by atoms with Gasteiger partial charge in [-0.2, -0.15) is 0 Å². The number of hydrogen-bond acceptors (Lipinski definition) is 8. The highest BCUT2D eigenvalue weighted by atomic mass is 32.1. The van der Waals surface area contributed by atoms with Gasteiger partial charge in [0.2, 0.25) is 0 Å². The van der Waals surface area contributed by atoms with E-state index < -0.39 is 23.8 Å². The summed E-state index contributed by atoms with van der Waals surface area (Å²) >= 11 is 1.03. The van der Waals surface area contributed by atoms with Gasteiger partial charge in [0.1, 0.15) is 22.3 Å². The van der Waals surface area contributed by atoms with Crippen molar-refractivity contribution in [3.63, 3.8) is 0 Å². The lowest BCUT2D eigenvalue weighted by Gasteiger charge is -2.34. The topological polar surface area (TPSA) is 113 Å². The van der Waals surface area contributed by atoms with Crippen LogP contribution in [-0.4, -0.2) is 65.5 Å². The van der Waals surface area contributed by atoms with Crippen molar-refractivity contribution in [3.8, 4) is 0 Å². The molecule has 0 radical (unpaired) electrons. The minimum atomic E-state index is -1.06. The summed E-state index contributed by atoms with van der Waals surface area (Å²) in [4.78, 5) is 29.7. The maximum Gasteiger partial charge on any atom is 0.409 e. The van der Waals surface area contributed by atoms with Crippen LogP contribution in [0.25, 0.3) is 0 Å². The smallest absolute Gasteiger partial charge is 0.409 e. The molecule has 36 heavy (non-hydrogen) atoms. The number of aromatic carboxylic acids is 1. The zero-order chi connectivity index (χ0) is 26.4. The average Bonchev–Trinajstić information content (AvgIpc) is 3.33. The van der Waals surface area contributed by atoms with E-state index in [2.05, 4.69) is 52.9 Å². The number of nitrogens with zero attached hydrogens (tertiary/aromatic N) is 2. The first kappa shape index (κ1) is 29.7. The van der Waals surface area contributed by atoms with E-state index in [0.717, 1.165) is 24.4 Å². The molecular weight excluding hydrogens is 480 g/mol. The molecule has 200 valence electrons. The molecular formula is C26H40N4O5S. The molecule has 1 saturated heterocycles. The molecule has 2 aromatic rings. The number of aromatic nitrogens is 1. The van der Waals surface area contributed by atoms with E-state index in [1.54, 1.807) is 20.8 Å². The summed E-state index contributed by atoms with van der Waals surface area (Å²) in [5.41, 5.74) is 2.51. The number of hydrogen-bond donors (Lipinski definition) is 3. The highest BCUT2D eigenvalue weighted by Crippen LogP contribution is 2.25. The fraction of sp³-hybridized carbons (Fsp3) is 0.577. The number of benzene rings is 1. The van der Waals surface area contributed by atoms with Gasteiger partial charge >= 0.3 is 12.1 Å². The molecule has 0 aliphatic carbocycles. The quantitative estimate of drug-likeness (QED) is 0.388. The number of unbranched alkanes of at least 4 members (excludes halogenated alkanes) is 2. The van der Waals surface area contributed by atoms with Crippen LogP contribution >= 0.6 is 11.3 Å². The van der Waals surface area contributed by atoms with E-state index in [1.165, 1.54) is 30.3 Å². The number of carbonyl (C=O) groups is 2. The number of amides is 1. The lowest BCUT2D eigenvalue weighted by atomic mass is 10.2. The number of nitrogens with one attached hydrogen (secondary N) is 2. The lowest BCUT2D eigenvalue weighted by molar-refractivity contribution is -0.001000. The van der Waals surface area contributed by atoms with E-state index in [4.69, 9.17) is 9.47 Å². The fourth-order valence-corrected chi connectivity index (χ4v) is 4.18. The summed E-state index contributed by atoms with van der Waals surface area (Å²) in [6.07, 6.45) is 2.66. The maximum absolute atomic E-state index is 12.1. The molecule has 1 aliphatic heterocycles. The van der Waals surface area contributed by atoms with E-state index in [0.29, 0.717) is 32.0 Å². The van der Waals surface area contributed by atoms with Gasteiger partial charge in [-0.3, -0.25) is 4.90 Å². The van der Waals surface area contributed by atoms with Crippen molar-refractivity contribution in [1.29, 1.82) is 0 Å². The Morgan fingerprint density at radius 2 is 1.89 bits per heavy atom. The number of morpholine rings is 1. The second-order valence-corrected chi connectivity index (χ2v) is 10.3. The van der Waals surface area contributed by atoms with E-state index in [1.807, 2.05) is 4.90 Å². The molecule has 3 rings (SSSR count). The number of ether oxygens (including phenoxy) is 2. The molecule has 1 aromatic heterocycles. The number of carboxylic acid groups (broad SMARTS) is 1. The van der Waals surface area contributed by atoms with Crippen molar-refractivity contribution >= 4 is 23.4 Å². The molecule has 2 heterocycles. The molecule has 9 nitrogen and oxygen atoms in total. The van der Waals surface area contributed by atoms with E-state index in [-0.39, 0.29) is 4.88 Å². The molecule has 1 aliphatic rings. The Hall–Kier alpha value is -2.53. The summed E-state index contributed by atoms with van der Waals surface area (Å²) < 4.78 is 10.6. The Labute approximate surface area is 218 Å². The van der Waals surface area contributed by atoms with Crippen molar-refractivity contribution < 1.29 is 24.2 Å². The Balaban J connectivity index is 0.000000297. The zero-order valence-electron chi connectivity index (χ0n) is 21.8. The van der Waals surface area contributed by atoms with Gasteiger partial charge in [0.15, 0.2) is 0 Å². The van der Waals surface area contributed by atoms with Crippen LogP contribution in [0.1, 0.15) is 74.1 Å². The Bertz CT molecular complexity index is 911. The van der Waals surface area contributed by atoms with Gasteiger partial charge in [-0.1, -0.05) is 50.1 Å². The largest absolute Gasteiger partial charge is 0.477 e. The molecule has 0 spiro atoms.